The van der Waals surface area contributed by atoms with Crippen LogP contribution in [-0.2, 0) is 17.8 Å². The predicted octanol–water partition coefficient (Wildman–Crippen LogP) is 2.85. The quantitative estimate of drug-likeness (QED) is 0.946. The number of benzene rings is 1. The standard InChI is InChI=1S/C17H20N2O2.ClH/c1-12(10-18)17(20)19-8-7-14-9-15(21-16(14)11-19)13-5-3-2-4-6-13;/h2-6,9,12H,7-8,10-11,18H2,1H3;1H. The first-order valence-electron chi connectivity index (χ1n) is 7.35. The van der Waals surface area contributed by atoms with Crippen LogP contribution in [0.1, 0.15) is 18.2 Å². The van der Waals surface area contributed by atoms with Gasteiger partial charge in [-0.1, -0.05) is 37.3 Å². The molecule has 0 saturated carbocycles. The van der Waals surface area contributed by atoms with E-state index < -0.39 is 0 Å². The molecule has 2 aromatic rings. The van der Waals surface area contributed by atoms with Crippen LogP contribution in [-0.4, -0.2) is 23.9 Å². The molecule has 0 fully saturated rings. The Kier molecular flexibility index (Phi) is 5.27. The van der Waals surface area contributed by atoms with Crippen LogP contribution in [0.2, 0.25) is 0 Å². The zero-order chi connectivity index (χ0) is 14.8. The number of carbonyl (C=O) groups is 1. The fourth-order valence-corrected chi connectivity index (χ4v) is 2.66. The topological polar surface area (TPSA) is 59.5 Å². The zero-order valence-corrected chi connectivity index (χ0v) is 13.4. The van der Waals surface area contributed by atoms with Gasteiger partial charge in [0.25, 0.3) is 0 Å². The molecule has 0 aliphatic carbocycles. The average Bonchev–Trinajstić information content (AvgIpc) is 2.97. The van der Waals surface area contributed by atoms with E-state index in [1.165, 1.54) is 5.56 Å². The number of rotatable bonds is 3. The molecule has 0 saturated heterocycles. The van der Waals surface area contributed by atoms with Gasteiger partial charge in [0.2, 0.25) is 5.91 Å². The molecule has 0 spiro atoms. The summed E-state index contributed by atoms with van der Waals surface area (Å²) < 4.78 is 5.96. The van der Waals surface area contributed by atoms with Crippen molar-refractivity contribution in [2.45, 2.75) is 19.9 Å². The van der Waals surface area contributed by atoms with Gasteiger partial charge in [0, 0.05) is 24.6 Å². The van der Waals surface area contributed by atoms with E-state index in [0.29, 0.717) is 13.1 Å². The van der Waals surface area contributed by atoms with E-state index in [2.05, 4.69) is 6.07 Å². The van der Waals surface area contributed by atoms with E-state index in [0.717, 1.165) is 30.0 Å². The number of hydrogen-bond acceptors (Lipinski definition) is 3. The van der Waals surface area contributed by atoms with Crippen LogP contribution in [0, 0.1) is 5.92 Å². The van der Waals surface area contributed by atoms with Crippen LogP contribution < -0.4 is 5.73 Å². The highest BCUT2D eigenvalue weighted by molar-refractivity contribution is 5.85. The lowest BCUT2D eigenvalue weighted by molar-refractivity contribution is -0.135. The fourth-order valence-electron chi connectivity index (χ4n) is 2.66. The molecule has 118 valence electrons. The van der Waals surface area contributed by atoms with E-state index >= 15 is 0 Å². The van der Waals surface area contributed by atoms with Gasteiger partial charge in [-0.25, -0.2) is 0 Å². The van der Waals surface area contributed by atoms with Crippen molar-refractivity contribution in [3.63, 3.8) is 0 Å². The van der Waals surface area contributed by atoms with Gasteiger partial charge in [0.05, 0.1) is 6.54 Å². The van der Waals surface area contributed by atoms with Crippen molar-refractivity contribution < 1.29 is 9.21 Å². The summed E-state index contributed by atoms with van der Waals surface area (Å²) in [5, 5.41) is 0. The molecule has 1 atom stereocenters. The number of nitrogens with zero attached hydrogens (tertiary/aromatic N) is 1. The Hall–Kier alpha value is -1.78. The van der Waals surface area contributed by atoms with Crippen LogP contribution >= 0.6 is 12.4 Å². The number of furan rings is 1. The third kappa shape index (κ3) is 3.18. The second-order valence-electron chi connectivity index (χ2n) is 5.57. The molecule has 2 heterocycles. The Morgan fingerprint density at radius 3 is 2.77 bits per heavy atom. The third-order valence-corrected chi connectivity index (χ3v) is 4.03. The lowest BCUT2D eigenvalue weighted by Crippen LogP contribution is -2.40. The number of hydrogen-bond donors (Lipinski definition) is 1. The van der Waals surface area contributed by atoms with Crippen molar-refractivity contribution in [1.29, 1.82) is 0 Å². The first-order chi connectivity index (χ1) is 10.2. The van der Waals surface area contributed by atoms with Crippen molar-refractivity contribution in [2.75, 3.05) is 13.1 Å². The second kappa shape index (κ2) is 6.99. The van der Waals surface area contributed by atoms with Gasteiger partial charge in [0.15, 0.2) is 0 Å². The van der Waals surface area contributed by atoms with Crippen molar-refractivity contribution in [3.05, 3.63) is 47.7 Å². The molecule has 0 bridgehead atoms. The number of carbonyl (C=O) groups excluding carboxylic acids is 1. The molecule has 1 amide bonds. The molecule has 5 heteroatoms. The van der Waals surface area contributed by atoms with E-state index in [9.17, 15) is 4.79 Å². The Balaban J connectivity index is 0.00000176. The highest BCUT2D eigenvalue weighted by atomic mass is 35.5. The Morgan fingerprint density at radius 1 is 1.36 bits per heavy atom. The molecular formula is C17H21ClN2O2. The van der Waals surface area contributed by atoms with Crippen LogP contribution in [0.25, 0.3) is 11.3 Å². The second-order valence-corrected chi connectivity index (χ2v) is 5.57. The summed E-state index contributed by atoms with van der Waals surface area (Å²) in [6.45, 7) is 3.54. The van der Waals surface area contributed by atoms with Gasteiger partial charge in [-0.2, -0.15) is 0 Å². The summed E-state index contributed by atoms with van der Waals surface area (Å²) in [6, 6.07) is 12.1. The number of fused-ring (bicyclic) bond motifs is 1. The number of halogens is 1. The monoisotopic (exact) mass is 320 g/mol. The summed E-state index contributed by atoms with van der Waals surface area (Å²) in [7, 11) is 0. The molecule has 22 heavy (non-hydrogen) atoms. The number of amides is 1. The maximum absolute atomic E-state index is 12.2. The first kappa shape index (κ1) is 16.6. The summed E-state index contributed by atoms with van der Waals surface area (Å²) >= 11 is 0. The van der Waals surface area contributed by atoms with Crippen molar-refractivity contribution in [3.8, 4) is 11.3 Å². The Labute approximate surface area is 136 Å². The molecule has 1 aliphatic rings. The molecule has 1 unspecified atom stereocenters. The minimum absolute atomic E-state index is 0. The molecule has 2 N–H and O–H groups in total. The van der Waals surface area contributed by atoms with E-state index in [-0.39, 0.29) is 24.2 Å². The molecule has 3 rings (SSSR count). The van der Waals surface area contributed by atoms with E-state index in [1.807, 2.05) is 42.2 Å². The largest absolute Gasteiger partial charge is 0.459 e. The fraction of sp³-hybridized carbons (Fsp3) is 0.353. The van der Waals surface area contributed by atoms with Gasteiger partial charge in [-0.05, 0) is 18.1 Å². The van der Waals surface area contributed by atoms with Gasteiger partial charge in [0.1, 0.15) is 11.5 Å². The normalized spacial score (nSPS) is 14.9. The summed E-state index contributed by atoms with van der Waals surface area (Å²) in [4.78, 5) is 14.1. The van der Waals surface area contributed by atoms with Crippen LogP contribution in [0.5, 0.6) is 0 Å². The highest BCUT2D eigenvalue weighted by Gasteiger charge is 2.26. The maximum atomic E-state index is 12.2. The smallest absolute Gasteiger partial charge is 0.227 e. The van der Waals surface area contributed by atoms with E-state index in [1.54, 1.807) is 0 Å². The lowest BCUT2D eigenvalue weighted by atomic mass is 10.0. The molecule has 1 aliphatic heterocycles. The predicted molar refractivity (Wildman–Crippen MR) is 88.7 cm³/mol. The SMILES string of the molecule is CC(CN)C(=O)N1CCc2cc(-c3ccccc3)oc2C1.Cl. The minimum atomic E-state index is -0.130. The molecular weight excluding hydrogens is 300 g/mol. The van der Waals surface area contributed by atoms with Gasteiger partial charge in [-0.15, -0.1) is 12.4 Å². The first-order valence-corrected chi connectivity index (χ1v) is 7.35. The summed E-state index contributed by atoms with van der Waals surface area (Å²) in [6.07, 6.45) is 0.842. The Morgan fingerprint density at radius 2 is 2.09 bits per heavy atom. The zero-order valence-electron chi connectivity index (χ0n) is 12.6. The molecule has 1 aromatic carbocycles. The summed E-state index contributed by atoms with van der Waals surface area (Å²) in [5.74, 6) is 1.76. The Bertz CT molecular complexity index is 639. The average molecular weight is 321 g/mol. The van der Waals surface area contributed by atoms with E-state index in [4.69, 9.17) is 10.2 Å². The third-order valence-electron chi connectivity index (χ3n) is 4.03. The minimum Gasteiger partial charge on any atom is -0.459 e. The van der Waals surface area contributed by atoms with Crippen LogP contribution in [0.3, 0.4) is 0 Å². The van der Waals surface area contributed by atoms with Crippen LogP contribution in [0.15, 0.2) is 40.8 Å². The number of nitrogens with two attached hydrogens (primary N) is 1. The van der Waals surface area contributed by atoms with Crippen LogP contribution in [0.4, 0.5) is 0 Å². The van der Waals surface area contributed by atoms with Crippen molar-refractivity contribution >= 4 is 18.3 Å². The summed E-state index contributed by atoms with van der Waals surface area (Å²) in [5.41, 5.74) is 7.86. The maximum Gasteiger partial charge on any atom is 0.227 e. The molecule has 0 radical (unpaired) electrons. The van der Waals surface area contributed by atoms with Gasteiger partial charge < -0.3 is 15.1 Å². The van der Waals surface area contributed by atoms with Gasteiger partial charge in [-0.3, -0.25) is 4.79 Å². The molecule has 4 nitrogen and oxygen atoms in total. The van der Waals surface area contributed by atoms with Crippen molar-refractivity contribution in [2.24, 2.45) is 11.7 Å². The lowest BCUT2D eigenvalue weighted by Gasteiger charge is -2.28. The van der Waals surface area contributed by atoms with Crippen molar-refractivity contribution in [1.82, 2.24) is 4.90 Å². The highest BCUT2D eigenvalue weighted by Crippen LogP contribution is 2.29. The van der Waals surface area contributed by atoms with Gasteiger partial charge >= 0.3 is 0 Å². The molecule has 1 aromatic heterocycles.